The third-order valence-electron chi connectivity index (χ3n) is 5.95. The monoisotopic (exact) mass is 419 g/mol. The van der Waals surface area contributed by atoms with Crippen molar-refractivity contribution in [1.29, 1.82) is 5.26 Å². The van der Waals surface area contributed by atoms with Gasteiger partial charge in [-0.05, 0) is 30.0 Å². The Morgan fingerprint density at radius 1 is 1.32 bits per heavy atom. The van der Waals surface area contributed by atoms with Crippen LogP contribution >= 0.6 is 0 Å². The number of nitrogens with two attached hydrogens (primary N) is 1. The van der Waals surface area contributed by atoms with Crippen molar-refractivity contribution in [2.24, 2.45) is 5.73 Å². The number of fused-ring (bicyclic) bond motifs is 1. The fourth-order valence-electron chi connectivity index (χ4n) is 3.95. The number of hydrogen-bond donors (Lipinski definition) is 2. The van der Waals surface area contributed by atoms with Gasteiger partial charge in [0.2, 0.25) is 5.91 Å². The number of carbonyl (C=O) groups is 2. The molecule has 1 atom stereocenters. The molecule has 0 aliphatic carbocycles. The molecule has 2 aromatic rings. The van der Waals surface area contributed by atoms with Gasteiger partial charge in [0, 0.05) is 50.6 Å². The zero-order valence-corrected chi connectivity index (χ0v) is 17.4. The van der Waals surface area contributed by atoms with Crippen molar-refractivity contribution in [2.75, 3.05) is 20.3 Å². The van der Waals surface area contributed by atoms with E-state index in [4.69, 9.17) is 10.5 Å². The Labute approximate surface area is 181 Å². The van der Waals surface area contributed by atoms with Gasteiger partial charge in [-0.1, -0.05) is 24.3 Å². The first kappa shape index (κ1) is 21.0. The number of nitrogens with zero attached hydrogens (tertiary/aromatic N) is 3. The second-order valence-corrected chi connectivity index (χ2v) is 8.22. The number of amides is 2. The highest BCUT2D eigenvalue weighted by atomic mass is 16.5. The van der Waals surface area contributed by atoms with E-state index in [1.807, 2.05) is 30.3 Å². The fourth-order valence-corrected chi connectivity index (χ4v) is 3.95. The molecule has 8 heteroatoms. The molecule has 160 valence electrons. The second-order valence-electron chi connectivity index (χ2n) is 8.22. The summed E-state index contributed by atoms with van der Waals surface area (Å²) in [6.45, 7) is 1.46. The van der Waals surface area contributed by atoms with Crippen LogP contribution in [0.5, 0.6) is 0 Å². The largest absolute Gasteiger partial charge is 0.381 e. The average Bonchev–Trinajstić information content (AvgIpc) is 3.07. The SMILES string of the molecule is CN1Cc2cc(-c3ccc(CC(C#N)NC(=O)C4(N)CCOCC4)cc3)cnc2C1=O. The maximum atomic E-state index is 12.6. The molecule has 1 aromatic heterocycles. The summed E-state index contributed by atoms with van der Waals surface area (Å²) in [7, 11) is 1.76. The van der Waals surface area contributed by atoms with Crippen LogP contribution in [0.15, 0.2) is 36.5 Å². The first-order valence-electron chi connectivity index (χ1n) is 10.3. The number of hydrogen-bond acceptors (Lipinski definition) is 6. The molecule has 2 amide bonds. The van der Waals surface area contributed by atoms with E-state index in [2.05, 4.69) is 16.4 Å². The van der Waals surface area contributed by atoms with Crippen LogP contribution in [-0.4, -0.2) is 53.5 Å². The average molecular weight is 419 g/mol. The van der Waals surface area contributed by atoms with Crippen molar-refractivity contribution in [3.05, 3.63) is 53.3 Å². The lowest BCUT2D eigenvalue weighted by Gasteiger charge is -2.32. The normalized spacial score (nSPS) is 18.2. The molecule has 3 N–H and O–H groups in total. The van der Waals surface area contributed by atoms with Gasteiger partial charge in [0.05, 0.1) is 11.6 Å². The number of rotatable bonds is 5. The lowest BCUT2D eigenvalue weighted by molar-refractivity contribution is -0.130. The van der Waals surface area contributed by atoms with E-state index in [-0.39, 0.29) is 11.8 Å². The van der Waals surface area contributed by atoms with Gasteiger partial charge < -0.3 is 20.7 Å². The summed E-state index contributed by atoms with van der Waals surface area (Å²) in [5.74, 6) is -0.357. The molecule has 2 aliphatic heterocycles. The first-order valence-corrected chi connectivity index (χ1v) is 10.3. The summed E-state index contributed by atoms with van der Waals surface area (Å²) < 4.78 is 5.28. The van der Waals surface area contributed by atoms with Crippen molar-refractivity contribution in [1.82, 2.24) is 15.2 Å². The summed E-state index contributed by atoms with van der Waals surface area (Å²) in [5.41, 5.74) is 9.50. The third-order valence-corrected chi connectivity index (χ3v) is 5.95. The van der Waals surface area contributed by atoms with E-state index in [9.17, 15) is 14.9 Å². The highest BCUT2D eigenvalue weighted by Crippen LogP contribution is 2.26. The predicted octanol–water partition coefficient (Wildman–Crippen LogP) is 1.39. The molecule has 0 radical (unpaired) electrons. The Kier molecular flexibility index (Phi) is 5.72. The first-order chi connectivity index (χ1) is 14.9. The third kappa shape index (κ3) is 4.29. The molecule has 4 rings (SSSR count). The Balaban J connectivity index is 1.42. The Hall–Kier alpha value is -3.28. The van der Waals surface area contributed by atoms with Crippen LogP contribution in [0.2, 0.25) is 0 Å². The van der Waals surface area contributed by atoms with Crippen LogP contribution in [-0.2, 0) is 22.5 Å². The van der Waals surface area contributed by atoms with Crippen molar-refractivity contribution < 1.29 is 14.3 Å². The Bertz CT molecular complexity index is 1040. The quantitative estimate of drug-likeness (QED) is 0.755. The minimum absolute atomic E-state index is 0.0542. The van der Waals surface area contributed by atoms with Crippen LogP contribution < -0.4 is 11.1 Å². The van der Waals surface area contributed by atoms with E-state index in [1.54, 1.807) is 18.1 Å². The maximum absolute atomic E-state index is 12.6. The molecular formula is C23H25N5O3. The molecule has 3 heterocycles. The molecule has 0 bridgehead atoms. The van der Waals surface area contributed by atoms with Gasteiger partial charge in [-0.2, -0.15) is 5.26 Å². The van der Waals surface area contributed by atoms with Crippen LogP contribution in [0, 0.1) is 11.3 Å². The number of nitriles is 1. The summed E-state index contributed by atoms with van der Waals surface area (Å²) in [5, 5.41) is 12.3. The topological polar surface area (TPSA) is 121 Å². The number of ether oxygens (including phenoxy) is 1. The molecule has 8 nitrogen and oxygen atoms in total. The number of carbonyl (C=O) groups excluding carboxylic acids is 2. The predicted molar refractivity (Wildman–Crippen MR) is 114 cm³/mol. The summed E-state index contributed by atoms with van der Waals surface area (Å²) in [4.78, 5) is 30.6. The molecular weight excluding hydrogens is 394 g/mol. The second kappa shape index (κ2) is 8.46. The smallest absolute Gasteiger partial charge is 0.272 e. The highest BCUT2D eigenvalue weighted by molar-refractivity contribution is 5.96. The lowest BCUT2D eigenvalue weighted by Crippen LogP contribution is -2.58. The van der Waals surface area contributed by atoms with Gasteiger partial charge in [0.15, 0.2) is 0 Å². The zero-order chi connectivity index (χ0) is 22.0. The molecule has 0 spiro atoms. The van der Waals surface area contributed by atoms with Crippen LogP contribution in [0.4, 0.5) is 0 Å². The standard InChI is InChI=1S/C23H25N5O3/c1-28-14-18-11-17(13-26-20(18)21(28)29)16-4-2-15(3-5-16)10-19(12-24)27-22(30)23(25)6-8-31-9-7-23/h2-5,11,13,19H,6-10,14,25H2,1H3,(H,27,30). The van der Waals surface area contributed by atoms with Crippen LogP contribution in [0.3, 0.4) is 0 Å². The van der Waals surface area contributed by atoms with E-state index in [1.165, 1.54) is 0 Å². The molecule has 1 aromatic carbocycles. The summed E-state index contributed by atoms with van der Waals surface area (Å²) in [6, 6.07) is 11.3. The Morgan fingerprint density at radius 3 is 2.71 bits per heavy atom. The molecule has 1 fully saturated rings. The molecule has 0 saturated carbocycles. The lowest BCUT2D eigenvalue weighted by atomic mass is 9.90. The minimum atomic E-state index is -0.979. The van der Waals surface area contributed by atoms with E-state index >= 15 is 0 Å². The van der Waals surface area contributed by atoms with Gasteiger partial charge >= 0.3 is 0 Å². The molecule has 31 heavy (non-hydrogen) atoms. The zero-order valence-electron chi connectivity index (χ0n) is 17.4. The van der Waals surface area contributed by atoms with Gasteiger partial charge in [-0.15, -0.1) is 0 Å². The summed E-state index contributed by atoms with van der Waals surface area (Å²) in [6.07, 6.45) is 2.98. The summed E-state index contributed by atoms with van der Waals surface area (Å²) >= 11 is 0. The van der Waals surface area contributed by atoms with Crippen molar-refractivity contribution in [3.8, 4) is 17.2 Å². The van der Waals surface area contributed by atoms with Crippen LogP contribution in [0.25, 0.3) is 11.1 Å². The molecule has 1 saturated heterocycles. The van der Waals surface area contributed by atoms with Crippen molar-refractivity contribution in [2.45, 2.75) is 37.4 Å². The molecule has 2 aliphatic rings. The number of nitrogens with one attached hydrogen (secondary N) is 1. The van der Waals surface area contributed by atoms with Gasteiger partial charge in [0.1, 0.15) is 11.7 Å². The Morgan fingerprint density at radius 2 is 2.03 bits per heavy atom. The minimum Gasteiger partial charge on any atom is -0.381 e. The van der Waals surface area contributed by atoms with Gasteiger partial charge in [-0.25, -0.2) is 0 Å². The van der Waals surface area contributed by atoms with Crippen molar-refractivity contribution in [3.63, 3.8) is 0 Å². The number of aromatic nitrogens is 1. The van der Waals surface area contributed by atoms with Crippen molar-refractivity contribution >= 4 is 11.8 Å². The fraction of sp³-hybridized carbons (Fsp3) is 0.391. The van der Waals surface area contributed by atoms with E-state index in [0.29, 0.717) is 44.7 Å². The highest BCUT2D eigenvalue weighted by Gasteiger charge is 2.36. The maximum Gasteiger partial charge on any atom is 0.272 e. The molecule has 1 unspecified atom stereocenters. The van der Waals surface area contributed by atoms with Gasteiger partial charge in [0.25, 0.3) is 5.91 Å². The van der Waals surface area contributed by atoms with Gasteiger partial charge in [-0.3, -0.25) is 14.6 Å². The number of benzene rings is 1. The number of pyridine rings is 1. The van der Waals surface area contributed by atoms with E-state index < -0.39 is 11.6 Å². The van der Waals surface area contributed by atoms with E-state index in [0.717, 1.165) is 22.3 Å². The van der Waals surface area contributed by atoms with Crippen LogP contribution in [0.1, 0.15) is 34.5 Å².